The highest BCUT2D eigenvalue weighted by Crippen LogP contribution is 2.25. The van der Waals surface area contributed by atoms with Crippen molar-refractivity contribution in [3.8, 4) is 0 Å². The molecule has 0 aliphatic heterocycles. The Morgan fingerprint density at radius 2 is 1.95 bits per heavy atom. The number of ether oxygens (including phenoxy) is 1. The van der Waals surface area contributed by atoms with Crippen LogP contribution in [-0.4, -0.2) is 19.0 Å². The minimum atomic E-state index is -0.488. The number of hydrogen-bond donors (Lipinski definition) is 2. The summed E-state index contributed by atoms with van der Waals surface area (Å²) >= 11 is 1.25. The maximum atomic E-state index is 12.1. The maximum absolute atomic E-state index is 12.1. The van der Waals surface area contributed by atoms with Crippen LogP contribution in [0.5, 0.6) is 0 Å². The fourth-order valence-electron chi connectivity index (χ4n) is 1.55. The van der Waals surface area contributed by atoms with Gasteiger partial charge >= 0.3 is 5.97 Å². The first kappa shape index (κ1) is 13.1. The number of benzene rings is 1. The zero-order chi connectivity index (χ0) is 13.8. The number of nitrogen functional groups attached to an aromatic ring is 1. The molecule has 0 bridgehead atoms. The van der Waals surface area contributed by atoms with E-state index in [0.717, 1.165) is 0 Å². The van der Waals surface area contributed by atoms with Crippen LogP contribution in [-0.2, 0) is 4.74 Å². The zero-order valence-corrected chi connectivity index (χ0v) is 11.0. The molecule has 3 N–H and O–H groups in total. The summed E-state index contributed by atoms with van der Waals surface area (Å²) in [5, 5.41) is 4.81. The van der Waals surface area contributed by atoms with E-state index in [9.17, 15) is 9.59 Å². The third kappa shape index (κ3) is 2.74. The fourth-order valence-corrected chi connectivity index (χ4v) is 2.32. The molecule has 1 aromatic carbocycles. The van der Waals surface area contributed by atoms with Gasteiger partial charge in [0.2, 0.25) is 0 Å². The van der Waals surface area contributed by atoms with Crippen molar-refractivity contribution >= 4 is 33.9 Å². The maximum Gasteiger partial charge on any atom is 0.340 e. The number of methoxy groups -OCH3 is 1. The first-order valence-corrected chi connectivity index (χ1v) is 6.33. The summed E-state index contributed by atoms with van der Waals surface area (Å²) in [5.74, 6) is -0.844. The van der Waals surface area contributed by atoms with Gasteiger partial charge in [0, 0.05) is 5.69 Å². The SMILES string of the molecule is COC(=O)c1ccsc1NC(=O)c1ccccc1N. The second kappa shape index (κ2) is 5.53. The van der Waals surface area contributed by atoms with Crippen molar-refractivity contribution in [2.45, 2.75) is 0 Å². The molecule has 6 heteroatoms. The quantitative estimate of drug-likeness (QED) is 0.666. The summed E-state index contributed by atoms with van der Waals surface area (Å²) in [6.07, 6.45) is 0. The Kier molecular flexibility index (Phi) is 3.82. The van der Waals surface area contributed by atoms with Gasteiger partial charge < -0.3 is 15.8 Å². The van der Waals surface area contributed by atoms with E-state index in [-0.39, 0.29) is 5.91 Å². The monoisotopic (exact) mass is 276 g/mol. The number of rotatable bonds is 3. The standard InChI is InChI=1S/C13H12N2O3S/c1-18-13(17)9-6-7-19-12(9)15-11(16)8-4-2-3-5-10(8)14/h2-7H,14H2,1H3,(H,15,16). The highest BCUT2D eigenvalue weighted by atomic mass is 32.1. The Morgan fingerprint density at radius 3 is 2.63 bits per heavy atom. The summed E-state index contributed by atoms with van der Waals surface area (Å²) in [6.45, 7) is 0. The largest absolute Gasteiger partial charge is 0.465 e. The number of para-hydroxylation sites is 1. The molecule has 0 fully saturated rings. The van der Waals surface area contributed by atoms with Crippen LogP contribution >= 0.6 is 11.3 Å². The predicted molar refractivity (Wildman–Crippen MR) is 74.5 cm³/mol. The number of carbonyl (C=O) groups excluding carboxylic acids is 2. The van der Waals surface area contributed by atoms with Gasteiger partial charge in [-0.1, -0.05) is 12.1 Å². The number of thiophene rings is 1. The Labute approximate surface area is 114 Å². The zero-order valence-electron chi connectivity index (χ0n) is 10.2. The normalized spacial score (nSPS) is 9.95. The van der Waals surface area contributed by atoms with E-state index in [1.807, 2.05) is 0 Å². The lowest BCUT2D eigenvalue weighted by Gasteiger charge is -2.07. The second-order valence-electron chi connectivity index (χ2n) is 3.70. The minimum absolute atomic E-state index is 0.329. The fraction of sp³-hybridized carbons (Fsp3) is 0.0769. The van der Waals surface area contributed by atoms with Crippen LogP contribution in [0.15, 0.2) is 35.7 Å². The van der Waals surface area contributed by atoms with Crippen LogP contribution in [0.3, 0.4) is 0 Å². The highest BCUT2D eigenvalue weighted by Gasteiger charge is 2.17. The molecule has 0 radical (unpaired) electrons. The highest BCUT2D eigenvalue weighted by molar-refractivity contribution is 7.14. The molecule has 1 heterocycles. The molecule has 0 aliphatic rings. The molecular weight excluding hydrogens is 264 g/mol. The number of nitrogens with two attached hydrogens (primary N) is 1. The Balaban J connectivity index is 2.23. The average Bonchev–Trinajstić information content (AvgIpc) is 2.86. The molecule has 2 aromatic rings. The van der Waals surface area contributed by atoms with Crippen LogP contribution in [0.25, 0.3) is 0 Å². The van der Waals surface area contributed by atoms with Gasteiger partial charge in [-0.3, -0.25) is 4.79 Å². The molecule has 0 spiro atoms. The number of esters is 1. The van der Waals surface area contributed by atoms with Crippen molar-refractivity contribution in [2.24, 2.45) is 0 Å². The number of amides is 1. The van der Waals surface area contributed by atoms with Gasteiger partial charge in [0.15, 0.2) is 0 Å². The summed E-state index contributed by atoms with van der Waals surface area (Å²) in [6, 6.07) is 8.33. The molecule has 0 saturated heterocycles. The van der Waals surface area contributed by atoms with Gasteiger partial charge in [0.05, 0.1) is 18.2 Å². The van der Waals surface area contributed by atoms with E-state index in [1.54, 1.807) is 35.7 Å². The van der Waals surface area contributed by atoms with Gasteiger partial charge in [-0.05, 0) is 23.6 Å². The van der Waals surface area contributed by atoms with E-state index in [0.29, 0.717) is 21.8 Å². The molecule has 0 aliphatic carbocycles. The lowest BCUT2D eigenvalue weighted by Crippen LogP contribution is -2.15. The lowest BCUT2D eigenvalue weighted by atomic mass is 10.1. The van der Waals surface area contributed by atoms with Crippen LogP contribution in [0.4, 0.5) is 10.7 Å². The number of anilines is 2. The van der Waals surface area contributed by atoms with Crippen LogP contribution < -0.4 is 11.1 Å². The molecule has 1 amide bonds. The molecule has 1 aromatic heterocycles. The van der Waals surface area contributed by atoms with E-state index in [2.05, 4.69) is 10.1 Å². The molecular formula is C13H12N2O3S. The Hall–Kier alpha value is -2.34. The average molecular weight is 276 g/mol. The van der Waals surface area contributed by atoms with E-state index in [4.69, 9.17) is 5.73 Å². The molecule has 0 atom stereocenters. The van der Waals surface area contributed by atoms with Crippen molar-refractivity contribution in [1.82, 2.24) is 0 Å². The summed E-state index contributed by atoms with van der Waals surface area (Å²) in [5.41, 5.74) is 6.81. The third-order valence-corrected chi connectivity index (χ3v) is 3.33. The van der Waals surface area contributed by atoms with E-state index >= 15 is 0 Å². The van der Waals surface area contributed by atoms with Gasteiger partial charge in [-0.2, -0.15) is 0 Å². The van der Waals surface area contributed by atoms with Crippen molar-refractivity contribution in [3.05, 3.63) is 46.8 Å². The Morgan fingerprint density at radius 1 is 1.21 bits per heavy atom. The molecule has 5 nitrogen and oxygen atoms in total. The molecule has 19 heavy (non-hydrogen) atoms. The van der Waals surface area contributed by atoms with Crippen molar-refractivity contribution in [3.63, 3.8) is 0 Å². The predicted octanol–water partition coefficient (Wildman–Crippen LogP) is 2.37. The molecule has 98 valence electrons. The van der Waals surface area contributed by atoms with Crippen LogP contribution in [0, 0.1) is 0 Å². The second-order valence-corrected chi connectivity index (χ2v) is 4.61. The number of nitrogens with one attached hydrogen (secondary N) is 1. The van der Waals surface area contributed by atoms with E-state index < -0.39 is 5.97 Å². The minimum Gasteiger partial charge on any atom is -0.465 e. The number of hydrogen-bond acceptors (Lipinski definition) is 5. The van der Waals surface area contributed by atoms with Crippen molar-refractivity contribution < 1.29 is 14.3 Å². The lowest BCUT2D eigenvalue weighted by molar-refractivity contribution is 0.0602. The summed E-state index contributed by atoms with van der Waals surface area (Å²) in [7, 11) is 1.29. The summed E-state index contributed by atoms with van der Waals surface area (Å²) in [4.78, 5) is 23.5. The van der Waals surface area contributed by atoms with E-state index in [1.165, 1.54) is 18.4 Å². The molecule has 0 unspecified atom stereocenters. The Bertz CT molecular complexity index is 622. The van der Waals surface area contributed by atoms with Crippen LogP contribution in [0.2, 0.25) is 0 Å². The van der Waals surface area contributed by atoms with Crippen LogP contribution in [0.1, 0.15) is 20.7 Å². The smallest absolute Gasteiger partial charge is 0.340 e. The third-order valence-electron chi connectivity index (χ3n) is 2.50. The van der Waals surface area contributed by atoms with Gasteiger partial charge in [0.25, 0.3) is 5.91 Å². The van der Waals surface area contributed by atoms with Gasteiger partial charge in [-0.25, -0.2) is 4.79 Å². The molecule has 2 rings (SSSR count). The van der Waals surface area contributed by atoms with Gasteiger partial charge in [-0.15, -0.1) is 11.3 Å². The van der Waals surface area contributed by atoms with Gasteiger partial charge in [0.1, 0.15) is 5.00 Å². The summed E-state index contributed by atoms with van der Waals surface area (Å²) < 4.78 is 4.64. The first-order chi connectivity index (χ1) is 9.13. The van der Waals surface area contributed by atoms with Crippen molar-refractivity contribution in [1.29, 1.82) is 0 Å². The van der Waals surface area contributed by atoms with Crippen molar-refractivity contribution in [2.75, 3.05) is 18.2 Å². The first-order valence-electron chi connectivity index (χ1n) is 5.45. The number of carbonyl (C=O) groups is 2. The molecule has 0 saturated carbocycles. The topological polar surface area (TPSA) is 81.4 Å².